The first kappa shape index (κ1) is 14.6. The van der Waals surface area contributed by atoms with Crippen molar-refractivity contribution in [1.29, 1.82) is 0 Å². The van der Waals surface area contributed by atoms with Crippen molar-refractivity contribution in [3.8, 4) is 0 Å². The van der Waals surface area contributed by atoms with Crippen LogP contribution in [0.1, 0.15) is 30.1 Å². The number of nitrogens with zero attached hydrogens (tertiary/aromatic N) is 3. The van der Waals surface area contributed by atoms with E-state index in [2.05, 4.69) is 5.10 Å². The van der Waals surface area contributed by atoms with Gasteiger partial charge in [-0.25, -0.2) is 0 Å². The molecule has 0 atom stereocenters. The predicted octanol–water partition coefficient (Wildman–Crippen LogP) is 0.234. The zero-order valence-electron chi connectivity index (χ0n) is 10.4. The lowest BCUT2D eigenvalue weighted by atomic mass is 10.3. The van der Waals surface area contributed by atoms with Crippen molar-refractivity contribution in [3.05, 3.63) is 21.9 Å². The molecule has 9 nitrogen and oxygen atoms in total. The van der Waals surface area contributed by atoms with E-state index < -0.39 is 16.6 Å². The van der Waals surface area contributed by atoms with Crippen molar-refractivity contribution >= 4 is 17.7 Å². The smallest absolute Gasteiger partial charge is 0.402 e. The first-order chi connectivity index (χ1) is 8.95. The van der Waals surface area contributed by atoms with Crippen molar-refractivity contribution in [3.63, 3.8) is 0 Å². The Morgan fingerprint density at radius 1 is 1.58 bits per heavy atom. The van der Waals surface area contributed by atoms with Gasteiger partial charge < -0.3 is 20.6 Å². The minimum absolute atomic E-state index is 0.174. The van der Waals surface area contributed by atoms with Gasteiger partial charge in [0.2, 0.25) is 0 Å². The molecular weight excluding hydrogens is 256 g/mol. The molecule has 1 rings (SSSR count). The van der Waals surface area contributed by atoms with Gasteiger partial charge in [0.1, 0.15) is 0 Å². The fraction of sp³-hybridized carbons (Fsp3) is 0.500. The third-order valence-corrected chi connectivity index (χ3v) is 2.25. The van der Waals surface area contributed by atoms with E-state index in [1.807, 2.05) is 0 Å². The SMILES string of the molecule is CCOC(=O)CCCn1cc(C(N)=O)c([N+](=O)[O-])n1. The fourth-order valence-corrected chi connectivity index (χ4v) is 1.45. The Bertz CT molecular complexity index is 465. The van der Waals surface area contributed by atoms with Gasteiger partial charge in [0.25, 0.3) is 5.91 Å². The van der Waals surface area contributed by atoms with Crippen LogP contribution in [0.25, 0.3) is 0 Å². The normalized spacial score (nSPS) is 10.2. The van der Waals surface area contributed by atoms with Gasteiger partial charge in [-0.3, -0.25) is 9.59 Å². The van der Waals surface area contributed by atoms with E-state index in [-0.39, 0.29) is 24.5 Å². The summed E-state index contributed by atoms with van der Waals surface area (Å²) in [5.41, 5.74) is 4.76. The number of carbonyl (C=O) groups is 2. The van der Waals surface area contributed by atoms with Gasteiger partial charge in [-0.15, -0.1) is 0 Å². The molecule has 2 N–H and O–H groups in total. The molecule has 0 aromatic carbocycles. The molecule has 0 saturated carbocycles. The minimum atomic E-state index is -0.914. The maximum Gasteiger partial charge on any atom is 0.402 e. The van der Waals surface area contributed by atoms with E-state index in [1.165, 1.54) is 10.9 Å². The number of primary amides is 1. The molecule has 0 fully saturated rings. The van der Waals surface area contributed by atoms with E-state index in [9.17, 15) is 19.7 Å². The second-order valence-corrected chi connectivity index (χ2v) is 3.66. The van der Waals surface area contributed by atoms with Crippen LogP contribution in [0.4, 0.5) is 5.82 Å². The number of rotatable bonds is 7. The minimum Gasteiger partial charge on any atom is -0.466 e. The van der Waals surface area contributed by atoms with Crippen LogP contribution in [-0.4, -0.2) is 33.2 Å². The lowest BCUT2D eigenvalue weighted by Gasteiger charge is -1.99. The third kappa shape index (κ3) is 4.05. The first-order valence-corrected chi connectivity index (χ1v) is 5.63. The molecule has 0 unspecified atom stereocenters. The molecule has 1 heterocycles. The highest BCUT2D eigenvalue weighted by Crippen LogP contribution is 2.15. The van der Waals surface area contributed by atoms with Gasteiger partial charge in [0.15, 0.2) is 5.56 Å². The maximum absolute atomic E-state index is 11.1. The van der Waals surface area contributed by atoms with E-state index in [1.54, 1.807) is 6.92 Å². The number of esters is 1. The third-order valence-electron chi connectivity index (χ3n) is 2.25. The Balaban J connectivity index is 2.65. The number of nitro groups is 1. The summed E-state index contributed by atoms with van der Waals surface area (Å²) >= 11 is 0. The Morgan fingerprint density at radius 2 is 2.26 bits per heavy atom. The number of hydrogen-bond acceptors (Lipinski definition) is 6. The lowest BCUT2D eigenvalue weighted by Crippen LogP contribution is -2.11. The van der Waals surface area contributed by atoms with Gasteiger partial charge in [0.05, 0.1) is 24.4 Å². The molecule has 0 aliphatic carbocycles. The van der Waals surface area contributed by atoms with Crippen LogP contribution in [0.15, 0.2) is 6.20 Å². The zero-order valence-corrected chi connectivity index (χ0v) is 10.4. The molecule has 1 aromatic rings. The van der Waals surface area contributed by atoms with Crippen molar-refractivity contribution in [1.82, 2.24) is 9.78 Å². The number of aryl methyl sites for hydroxylation is 1. The average Bonchev–Trinajstić information content (AvgIpc) is 2.74. The summed E-state index contributed by atoms with van der Waals surface area (Å²) in [7, 11) is 0. The van der Waals surface area contributed by atoms with Gasteiger partial charge >= 0.3 is 11.8 Å². The molecule has 0 spiro atoms. The van der Waals surface area contributed by atoms with Gasteiger partial charge in [0, 0.05) is 6.42 Å². The molecule has 19 heavy (non-hydrogen) atoms. The first-order valence-electron chi connectivity index (χ1n) is 5.63. The molecule has 0 aliphatic rings. The Labute approximate surface area is 108 Å². The molecule has 0 radical (unpaired) electrons. The second-order valence-electron chi connectivity index (χ2n) is 3.66. The lowest BCUT2D eigenvalue weighted by molar-refractivity contribution is -0.390. The highest BCUT2D eigenvalue weighted by Gasteiger charge is 2.24. The van der Waals surface area contributed by atoms with Gasteiger partial charge in [-0.1, -0.05) is 0 Å². The molecule has 104 valence electrons. The summed E-state index contributed by atoms with van der Waals surface area (Å²) in [6, 6.07) is 0. The number of nitrogens with two attached hydrogens (primary N) is 1. The van der Waals surface area contributed by atoms with Crippen LogP contribution in [-0.2, 0) is 16.1 Å². The van der Waals surface area contributed by atoms with Gasteiger partial charge in [-0.2, -0.15) is 4.68 Å². The molecule has 0 aliphatic heterocycles. The van der Waals surface area contributed by atoms with Crippen molar-refractivity contribution in [2.45, 2.75) is 26.3 Å². The Morgan fingerprint density at radius 3 is 2.74 bits per heavy atom. The Hall–Kier alpha value is -2.45. The van der Waals surface area contributed by atoms with Crippen molar-refractivity contribution in [2.75, 3.05) is 6.61 Å². The van der Waals surface area contributed by atoms with Crippen LogP contribution in [0.2, 0.25) is 0 Å². The summed E-state index contributed by atoms with van der Waals surface area (Å²) in [4.78, 5) is 32.0. The van der Waals surface area contributed by atoms with Crippen LogP contribution >= 0.6 is 0 Å². The summed E-state index contributed by atoms with van der Waals surface area (Å²) < 4.78 is 5.95. The monoisotopic (exact) mass is 270 g/mol. The summed E-state index contributed by atoms with van der Waals surface area (Å²) in [5.74, 6) is -1.84. The van der Waals surface area contributed by atoms with Crippen LogP contribution < -0.4 is 5.73 Å². The molecule has 1 amide bonds. The Kier molecular flexibility index (Phi) is 4.98. The average molecular weight is 270 g/mol. The quantitative estimate of drug-likeness (QED) is 0.428. The fourth-order valence-electron chi connectivity index (χ4n) is 1.45. The molecular formula is C10H14N4O5. The van der Waals surface area contributed by atoms with E-state index in [0.717, 1.165) is 0 Å². The van der Waals surface area contributed by atoms with Crippen molar-refractivity contribution < 1.29 is 19.2 Å². The van der Waals surface area contributed by atoms with Gasteiger partial charge in [-0.05, 0) is 18.3 Å². The van der Waals surface area contributed by atoms with E-state index in [4.69, 9.17) is 10.5 Å². The standard InChI is InChI=1S/C10H14N4O5/c1-2-19-8(15)4-3-5-13-6-7(9(11)16)10(12-13)14(17)18/h6H,2-5H2,1H3,(H2,11,16). The number of hydrogen-bond donors (Lipinski definition) is 1. The topological polar surface area (TPSA) is 130 Å². The number of aromatic nitrogens is 2. The maximum atomic E-state index is 11.1. The molecule has 0 bridgehead atoms. The van der Waals surface area contributed by atoms with Crippen LogP contribution in [0.5, 0.6) is 0 Å². The second kappa shape index (κ2) is 6.47. The molecule has 9 heteroatoms. The number of amides is 1. The van der Waals surface area contributed by atoms with Crippen LogP contribution in [0, 0.1) is 10.1 Å². The number of carbonyl (C=O) groups excluding carboxylic acids is 2. The summed E-state index contributed by atoms with van der Waals surface area (Å²) in [6.07, 6.45) is 1.77. The molecule has 0 saturated heterocycles. The zero-order chi connectivity index (χ0) is 14.4. The van der Waals surface area contributed by atoms with E-state index >= 15 is 0 Å². The van der Waals surface area contributed by atoms with Crippen LogP contribution in [0.3, 0.4) is 0 Å². The summed E-state index contributed by atoms with van der Waals surface area (Å²) in [6.45, 7) is 2.26. The summed E-state index contributed by atoms with van der Waals surface area (Å²) in [5, 5.41) is 14.3. The predicted molar refractivity (Wildman–Crippen MR) is 63.3 cm³/mol. The highest BCUT2D eigenvalue weighted by molar-refractivity contribution is 5.95. The van der Waals surface area contributed by atoms with E-state index in [0.29, 0.717) is 13.0 Å². The van der Waals surface area contributed by atoms with Crippen molar-refractivity contribution in [2.24, 2.45) is 5.73 Å². The molecule has 1 aromatic heterocycles. The highest BCUT2D eigenvalue weighted by atomic mass is 16.6. The largest absolute Gasteiger partial charge is 0.466 e. The number of ether oxygens (including phenoxy) is 1.